The Morgan fingerprint density at radius 2 is 1.68 bits per heavy atom. The van der Waals surface area contributed by atoms with Crippen LogP contribution < -0.4 is 0 Å². The molecule has 5 nitrogen and oxygen atoms in total. The molecular formula is C26H38N2O3. The third kappa shape index (κ3) is 8.99. The summed E-state index contributed by atoms with van der Waals surface area (Å²) in [6.07, 6.45) is 8.43. The zero-order valence-electron chi connectivity index (χ0n) is 19.4. The second-order valence-electron chi connectivity index (χ2n) is 8.41. The Labute approximate surface area is 187 Å². The van der Waals surface area contributed by atoms with E-state index >= 15 is 0 Å². The van der Waals surface area contributed by atoms with E-state index < -0.39 is 0 Å². The summed E-state index contributed by atoms with van der Waals surface area (Å²) >= 11 is 0. The second-order valence-corrected chi connectivity index (χ2v) is 8.41. The van der Waals surface area contributed by atoms with Crippen molar-refractivity contribution in [1.29, 1.82) is 0 Å². The van der Waals surface area contributed by atoms with Crippen molar-refractivity contribution in [1.82, 2.24) is 9.80 Å². The van der Waals surface area contributed by atoms with Gasteiger partial charge in [0.1, 0.15) is 5.76 Å². The van der Waals surface area contributed by atoms with Crippen molar-refractivity contribution < 1.29 is 14.0 Å². The number of amides is 2. The lowest BCUT2D eigenvalue weighted by Crippen LogP contribution is -2.46. The zero-order chi connectivity index (χ0) is 22.5. The van der Waals surface area contributed by atoms with E-state index in [1.165, 1.54) is 24.8 Å². The molecule has 0 radical (unpaired) electrons. The van der Waals surface area contributed by atoms with Gasteiger partial charge in [-0.2, -0.15) is 0 Å². The number of furan rings is 1. The largest absolute Gasteiger partial charge is 0.467 e. The molecule has 1 heterocycles. The highest BCUT2D eigenvalue weighted by Gasteiger charge is 2.23. The van der Waals surface area contributed by atoms with E-state index in [-0.39, 0.29) is 24.4 Å². The Morgan fingerprint density at radius 1 is 0.935 bits per heavy atom. The van der Waals surface area contributed by atoms with Crippen molar-refractivity contribution in [2.45, 2.75) is 78.3 Å². The Hall–Kier alpha value is -2.56. The summed E-state index contributed by atoms with van der Waals surface area (Å²) in [4.78, 5) is 29.5. The second kappa shape index (κ2) is 13.7. The average Bonchev–Trinajstić information content (AvgIpc) is 3.28. The molecule has 0 N–H and O–H groups in total. The lowest BCUT2D eigenvalue weighted by atomic mass is 10.1. The molecule has 0 aliphatic carbocycles. The highest BCUT2D eigenvalue weighted by molar-refractivity contribution is 5.85. The number of carbonyl (C=O) groups excluding carboxylic acids is 2. The van der Waals surface area contributed by atoms with E-state index in [0.29, 0.717) is 19.5 Å². The fourth-order valence-electron chi connectivity index (χ4n) is 3.62. The Balaban J connectivity index is 1.98. The van der Waals surface area contributed by atoms with Gasteiger partial charge in [-0.1, -0.05) is 62.9 Å². The molecule has 2 amide bonds. The minimum absolute atomic E-state index is 0.00771. The Bertz CT molecular complexity index is 756. The van der Waals surface area contributed by atoms with Crippen LogP contribution in [0, 0.1) is 0 Å². The van der Waals surface area contributed by atoms with E-state index in [1.807, 2.05) is 44.2 Å². The minimum Gasteiger partial charge on any atom is -0.467 e. The molecule has 5 heteroatoms. The highest BCUT2D eigenvalue weighted by atomic mass is 16.3. The molecule has 170 valence electrons. The lowest BCUT2D eigenvalue weighted by molar-refractivity contribution is -0.142. The molecule has 0 saturated carbocycles. The number of unbranched alkanes of at least 4 members (excludes halogenated alkanes) is 4. The number of rotatable bonds is 14. The molecule has 31 heavy (non-hydrogen) atoms. The first-order valence-electron chi connectivity index (χ1n) is 11.6. The topological polar surface area (TPSA) is 53.8 Å². The van der Waals surface area contributed by atoms with Crippen LogP contribution >= 0.6 is 0 Å². The van der Waals surface area contributed by atoms with Crippen molar-refractivity contribution in [3.8, 4) is 0 Å². The molecule has 0 aliphatic rings. The molecule has 0 fully saturated rings. The maximum atomic E-state index is 13.2. The lowest BCUT2D eigenvalue weighted by Gasteiger charge is -2.30. The zero-order valence-corrected chi connectivity index (χ0v) is 19.4. The summed E-state index contributed by atoms with van der Waals surface area (Å²) in [7, 11) is 0. The van der Waals surface area contributed by atoms with E-state index in [1.54, 1.807) is 16.1 Å². The molecule has 1 aromatic carbocycles. The smallest absolute Gasteiger partial charge is 0.242 e. The Kier molecular flexibility index (Phi) is 10.9. The SMILES string of the molecule is CCCCCCCC(=O)N(CC(=O)N(CCc1ccccc1)Cc1ccco1)C(C)C. The molecule has 0 aliphatic heterocycles. The van der Waals surface area contributed by atoms with Crippen LogP contribution in [-0.4, -0.2) is 40.7 Å². The van der Waals surface area contributed by atoms with Crippen LogP contribution in [-0.2, 0) is 22.6 Å². The minimum atomic E-state index is -0.0413. The number of nitrogens with zero attached hydrogens (tertiary/aromatic N) is 2. The standard InChI is InChI=1S/C26H38N2O3/c1-4-5-6-7-11-16-25(29)28(22(2)3)21-26(30)27(20-24-15-12-19-31-24)18-17-23-13-9-8-10-14-23/h8-10,12-15,19,22H,4-7,11,16-18,20-21H2,1-3H3. The summed E-state index contributed by atoms with van der Waals surface area (Å²) in [5.41, 5.74) is 1.18. The quantitative estimate of drug-likeness (QED) is 0.378. The van der Waals surface area contributed by atoms with Gasteiger partial charge in [0.15, 0.2) is 0 Å². The molecule has 1 aromatic heterocycles. The summed E-state index contributed by atoms with van der Waals surface area (Å²) in [5, 5.41) is 0. The third-order valence-corrected chi connectivity index (χ3v) is 5.54. The van der Waals surface area contributed by atoms with Gasteiger partial charge in [0.05, 0.1) is 19.4 Å². The Morgan fingerprint density at radius 3 is 2.32 bits per heavy atom. The predicted octanol–water partition coefficient (Wildman–Crippen LogP) is 5.45. The highest BCUT2D eigenvalue weighted by Crippen LogP contribution is 2.12. The fourth-order valence-corrected chi connectivity index (χ4v) is 3.62. The molecular weight excluding hydrogens is 388 g/mol. The van der Waals surface area contributed by atoms with Gasteiger partial charge >= 0.3 is 0 Å². The van der Waals surface area contributed by atoms with E-state index in [0.717, 1.165) is 25.0 Å². The third-order valence-electron chi connectivity index (χ3n) is 5.54. The maximum absolute atomic E-state index is 13.2. The van der Waals surface area contributed by atoms with Gasteiger partial charge < -0.3 is 14.2 Å². The van der Waals surface area contributed by atoms with Gasteiger partial charge in [0.2, 0.25) is 11.8 Å². The van der Waals surface area contributed by atoms with Crippen LogP contribution in [0.15, 0.2) is 53.1 Å². The molecule has 0 atom stereocenters. The van der Waals surface area contributed by atoms with Crippen LogP contribution in [0.4, 0.5) is 0 Å². The van der Waals surface area contributed by atoms with Crippen LogP contribution in [0.2, 0.25) is 0 Å². The molecule has 0 bridgehead atoms. The van der Waals surface area contributed by atoms with Gasteiger partial charge in [-0.25, -0.2) is 0 Å². The van der Waals surface area contributed by atoms with Crippen molar-refractivity contribution in [3.63, 3.8) is 0 Å². The summed E-state index contributed by atoms with van der Waals surface area (Å²) in [5.74, 6) is 0.779. The van der Waals surface area contributed by atoms with Crippen molar-refractivity contribution in [2.75, 3.05) is 13.1 Å². The summed E-state index contributed by atoms with van der Waals surface area (Å²) in [6.45, 7) is 7.24. The van der Waals surface area contributed by atoms with Gasteiger partial charge in [-0.05, 0) is 44.4 Å². The van der Waals surface area contributed by atoms with Crippen LogP contribution in [0.1, 0.15) is 70.6 Å². The summed E-state index contributed by atoms with van der Waals surface area (Å²) in [6, 6.07) is 13.8. The van der Waals surface area contributed by atoms with Crippen molar-refractivity contribution in [2.24, 2.45) is 0 Å². The van der Waals surface area contributed by atoms with Crippen LogP contribution in [0.3, 0.4) is 0 Å². The molecule has 2 aromatic rings. The van der Waals surface area contributed by atoms with Crippen LogP contribution in [0.5, 0.6) is 0 Å². The van der Waals surface area contributed by atoms with E-state index in [2.05, 4.69) is 19.1 Å². The number of carbonyl (C=O) groups is 2. The predicted molar refractivity (Wildman–Crippen MR) is 124 cm³/mol. The van der Waals surface area contributed by atoms with E-state index in [9.17, 15) is 9.59 Å². The average molecular weight is 427 g/mol. The normalized spacial score (nSPS) is 11.0. The summed E-state index contributed by atoms with van der Waals surface area (Å²) < 4.78 is 5.48. The van der Waals surface area contributed by atoms with Gasteiger partial charge in [-0.15, -0.1) is 0 Å². The van der Waals surface area contributed by atoms with Gasteiger partial charge in [0.25, 0.3) is 0 Å². The first-order valence-corrected chi connectivity index (χ1v) is 11.6. The fraction of sp³-hybridized carbons (Fsp3) is 0.538. The molecule has 2 rings (SSSR count). The van der Waals surface area contributed by atoms with Crippen LogP contribution in [0.25, 0.3) is 0 Å². The first kappa shape index (κ1) is 24.7. The number of hydrogen-bond donors (Lipinski definition) is 0. The number of hydrogen-bond acceptors (Lipinski definition) is 3. The first-order chi connectivity index (χ1) is 15.0. The van der Waals surface area contributed by atoms with Gasteiger partial charge in [0, 0.05) is 19.0 Å². The van der Waals surface area contributed by atoms with Crippen molar-refractivity contribution >= 4 is 11.8 Å². The maximum Gasteiger partial charge on any atom is 0.242 e. The van der Waals surface area contributed by atoms with E-state index in [4.69, 9.17) is 4.42 Å². The number of benzene rings is 1. The van der Waals surface area contributed by atoms with Gasteiger partial charge in [-0.3, -0.25) is 9.59 Å². The molecule has 0 spiro atoms. The molecule has 0 unspecified atom stereocenters. The molecule has 0 saturated heterocycles. The monoisotopic (exact) mass is 426 g/mol. The van der Waals surface area contributed by atoms with Crippen molar-refractivity contribution in [3.05, 3.63) is 60.1 Å².